The highest BCUT2D eigenvalue weighted by molar-refractivity contribution is 4.81. The smallest absolute Gasteiger partial charge is 0.0701 e. The maximum Gasteiger partial charge on any atom is 0.0701 e. The van der Waals surface area contributed by atoms with Crippen molar-refractivity contribution >= 4 is 0 Å². The molecule has 0 saturated heterocycles. The Morgan fingerprint density at radius 2 is 1.79 bits per heavy atom. The third kappa shape index (κ3) is 8.19. The van der Waals surface area contributed by atoms with E-state index in [-0.39, 0.29) is 12.1 Å². The van der Waals surface area contributed by atoms with Crippen molar-refractivity contribution < 1.29 is 9.47 Å². The van der Waals surface area contributed by atoms with Crippen LogP contribution in [0.5, 0.6) is 0 Å². The van der Waals surface area contributed by atoms with Crippen molar-refractivity contribution in [1.82, 2.24) is 0 Å². The predicted molar refractivity (Wildman–Crippen MR) is 58.1 cm³/mol. The van der Waals surface area contributed by atoms with Crippen molar-refractivity contribution in [3.63, 3.8) is 0 Å². The maximum absolute atomic E-state index is 5.66. The van der Waals surface area contributed by atoms with Crippen molar-refractivity contribution in [3.05, 3.63) is 12.7 Å². The summed E-state index contributed by atoms with van der Waals surface area (Å²) in [6, 6.07) is 0.0401. The maximum atomic E-state index is 5.66. The zero-order valence-corrected chi connectivity index (χ0v) is 8.95. The van der Waals surface area contributed by atoms with Gasteiger partial charge in [-0.15, -0.1) is 6.58 Å². The van der Waals surface area contributed by atoms with Crippen LogP contribution in [0.3, 0.4) is 0 Å². The minimum Gasteiger partial charge on any atom is -0.377 e. The Hall–Kier alpha value is -0.420. The Balaban J connectivity index is 3.10. The fourth-order valence-corrected chi connectivity index (χ4v) is 0.758. The Labute approximate surface area is 86.2 Å². The molecule has 84 valence electrons. The molecule has 0 radical (unpaired) electrons. The van der Waals surface area contributed by atoms with Crippen molar-refractivity contribution in [2.75, 3.05) is 26.4 Å². The molecule has 0 aliphatic heterocycles. The summed E-state index contributed by atoms with van der Waals surface area (Å²) >= 11 is 0. The molecule has 0 aromatic heterocycles. The predicted octanol–water partition coefficient (Wildman–Crippen LogP) is 0.270. The standard InChI is InChI=1S/C10H22N2O2/c1-3-9(11)7-13-5-6-14-8-10(12)4-2/h3,9-10H,1,4-8,11-12H2,2H3. The summed E-state index contributed by atoms with van der Waals surface area (Å²) in [4.78, 5) is 0. The van der Waals surface area contributed by atoms with Crippen LogP contribution in [-0.2, 0) is 9.47 Å². The molecule has 0 amide bonds. The zero-order chi connectivity index (χ0) is 10.8. The summed E-state index contributed by atoms with van der Waals surface area (Å²) in [7, 11) is 0. The summed E-state index contributed by atoms with van der Waals surface area (Å²) in [6.07, 6.45) is 2.59. The molecule has 0 aliphatic rings. The first-order valence-corrected chi connectivity index (χ1v) is 4.99. The molecular formula is C10H22N2O2. The minimum absolute atomic E-state index is 0.0899. The Morgan fingerprint density at radius 3 is 2.29 bits per heavy atom. The molecule has 0 aliphatic carbocycles. The van der Waals surface area contributed by atoms with E-state index < -0.39 is 0 Å². The van der Waals surface area contributed by atoms with Gasteiger partial charge in [-0.3, -0.25) is 0 Å². The number of ether oxygens (including phenoxy) is 2. The fraction of sp³-hybridized carbons (Fsp3) is 0.800. The van der Waals surface area contributed by atoms with Crippen molar-refractivity contribution in [2.24, 2.45) is 11.5 Å². The van der Waals surface area contributed by atoms with Crippen LogP contribution in [0, 0.1) is 0 Å². The molecule has 2 unspecified atom stereocenters. The lowest BCUT2D eigenvalue weighted by Crippen LogP contribution is -2.27. The van der Waals surface area contributed by atoms with Gasteiger partial charge >= 0.3 is 0 Å². The fourth-order valence-electron chi connectivity index (χ4n) is 0.758. The average Bonchev–Trinajstić information content (AvgIpc) is 2.22. The lowest BCUT2D eigenvalue weighted by molar-refractivity contribution is 0.0409. The van der Waals surface area contributed by atoms with Gasteiger partial charge in [-0.2, -0.15) is 0 Å². The van der Waals surface area contributed by atoms with E-state index in [1.165, 1.54) is 0 Å². The van der Waals surface area contributed by atoms with Crippen LogP contribution in [0.2, 0.25) is 0 Å². The van der Waals surface area contributed by atoms with Gasteiger partial charge in [0.2, 0.25) is 0 Å². The van der Waals surface area contributed by atoms with Crippen molar-refractivity contribution in [1.29, 1.82) is 0 Å². The Bertz CT molecular complexity index is 142. The molecule has 0 bridgehead atoms. The molecule has 0 aromatic rings. The third-order valence-electron chi connectivity index (χ3n) is 1.84. The Kier molecular flexibility index (Phi) is 8.87. The van der Waals surface area contributed by atoms with E-state index in [4.69, 9.17) is 20.9 Å². The highest BCUT2D eigenvalue weighted by atomic mass is 16.5. The number of nitrogens with two attached hydrogens (primary N) is 2. The second-order valence-corrected chi connectivity index (χ2v) is 3.22. The van der Waals surface area contributed by atoms with Gasteiger partial charge in [0.15, 0.2) is 0 Å². The van der Waals surface area contributed by atoms with E-state index in [1.807, 2.05) is 6.92 Å². The molecule has 14 heavy (non-hydrogen) atoms. The first-order chi connectivity index (χ1) is 6.70. The summed E-state index contributed by atoms with van der Waals surface area (Å²) in [5.41, 5.74) is 11.2. The van der Waals surface area contributed by atoms with Crippen LogP contribution in [0.25, 0.3) is 0 Å². The van der Waals surface area contributed by atoms with E-state index >= 15 is 0 Å². The van der Waals surface area contributed by atoms with E-state index in [2.05, 4.69) is 6.58 Å². The molecule has 4 nitrogen and oxygen atoms in total. The van der Waals surface area contributed by atoms with E-state index in [0.29, 0.717) is 26.4 Å². The quantitative estimate of drug-likeness (QED) is 0.416. The molecule has 0 saturated carbocycles. The van der Waals surface area contributed by atoms with Crippen LogP contribution < -0.4 is 11.5 Å². The number of hydrogen-bond acceptors (Lipinski definition) is 4. The van der Waals surface area contributed by atoms with Gasteiger partial charge in [-0.1, -0.05) is 13.0 Å². The second-order valence-electron chi connectivity index (χ2n) is 3.22. The number of hydrogen-bond donors (Lipinski definition) is 2. The van der Waals surface area contributed by atoms with Gasteiger partial charge in [0.25, 0.3) is 0 Å². The Morgan fingerprint density at radius 1 is 1.21 bits per heavy atom. The normalized spacial score (nSPS) is 15.1. The van der Waals surface area contributed by atoms with Crippen LogP contribution in [-0.4, -0.2) is 38.5 Å². The van der Waals surface area contributed by atoms with Crippen LogP contribution >= 0.6 is 0 Å². The van der Waals surface area contributed by atoms with Gasteiger partial charge in [0.05, 0.1) is 26.4 Å². The molecule has 4 heteroatoms. The topological polar surface area (TPSA) is 70.5 Å². The van der Waals surface area contributed by atoms with Crippen molar-refractivity contribution in [2.45, 2.75) is 25.4 Å². The summed E-state index contributed by atoms with van der Waals surface area (Å²) in [6.45, 7) is 7.80. The van der Waals surface area contributed by atoms with Gasteiger partial charge in [0, 0.05) is 12.1 Å². The van der Waals surface area contributed by atoms with Crippen LogP contribution in [0.4, 0.5) is 0 Å². The van der Waals surface area contributed by atoms with Gasteiger partial charge < -0.3 is 20.9 Å². The lowest BCUT2D eigenvalue weighted by atomic mass is 10.3. The van der Waals surface area contributed by atoms with Gasteiger partial charge in [-0.25, -0.2) is 0 Å². The van der Waals surface area contributed by atoms with E-state index in [1.54, 1.807) is 6.08 Å². The van der Waals surface area contributed by atoms with E-state index in [9.17, 15) is 0 Å². The largest absolute Gasteiger partial charge is 0.377 e. The minimum atomic E-state index is -0.0899. The zero-order valence-electron chi connectivity index (χ0n) is 8.95. The highest BCUT2D eigenvalue weighted by Gasteiger charge is 1.99. The first kappa shape index (κ1) is 13.6. The third-order valence-corrected chi connectivity index (χ3v) is 1.84. The van der Waals surface area contributed by atoms with Gasteiger partial charge in [0.1, 0.15) is 0 Å². The molecule has 2 atom stereocenters. The highest BCUT2D eigenvalue weighted by Crippen LogP contribution is 1.88. The summed E-state index contributed by atoms with van der Waals surface area (Å²) in [5.74, 6) is 0. The molecule has 4 N–H and O–H groups in total. The number of rotatable bonds is 9. The van der Waals surface area contributed by atoms with Crippen LogP contribution in [0.1, 0.15) is 13.3 Å². The second kappa shape index (κ2) is 9.15. The summed E-state index contributed by atoms with van der Waals surface area (Å²) < 4.78 is 10.5. The lowest BCUT2D eigenvalue weighted by Gasteiger charge is -2.10. The molecule has 0 heterocycles. The van der Waals surface area contributed by atoms with Crippen LogP contribution in [0.15, 0.2) is 12.7 Å². The molecule has 0 fully saturated rings. The monoisotopic (exact) mass is 202 g/mol. The SMILES string of the molecule is C=CC(N)COCCOCC(N)CC. The molecular weight excluding hydrogens is 180 g/mol. The summed E-state index contributed by atoms with van der Waals surface area (Å²) in [5, 5.41) is 0. The molecule has 0 spiro atoms. The van der Waals surface area contributed by atoms with Gasteiger partial charge in [-0.05, 0) is 6.42 Å². The molecule has 0 rings (SSSR count). The average molecular weight is 202 g/mol. The van der Waals surface area contributed by atoms with Crippen molar-refractivity contribution in [3.8, 4) is 0 Å². The van der Waals surface area contributed by atoms with E-state index in [0.717, 1.165) is 6.42 Å². The molecule has 0 aromatic carbocycles. The first-order valence-electron chi connectivity index (χ1n) is 4.99.